The van der Waals surface area contributed by atoms with Crippen LogP contribution in [0.1, 0.15) is 5.56 Å². The molecule has 1 aliphatic rings. The van der Waals surface area contributed by atoms with Crippen molar-refractivity contribution in [2.24, 2.45) is 0 Å². The molecule has 0 saturated carbocycles. The fourth-order valence-corrected chi connectivity index (χ4v) is 2.36. The van der Waals surface area contributed by atoms with E-state index in [1.807, 2.05) is 14.1 Å². The molecule has 0 aromatic heterocycles. The first-order valence-corrected chi connectivity index (χ1v) is 6.47. The zero-order valence-corrected chi connectivity index (χ0v) is 11.3. The van der Waals surface area contributed by atoms with Gasteiger partial charge < -0.3 is 15.1 Å². The predicted molar refractivity (Wildman–Crippen MR) is 75.7 cm³/mol. The normalized spacial score (nSPS) is 15.8. The van der Waals surface area contributed by atoms with Gasteiger partial charge in [-0.15, -0.1) is 0 Å². The first-order chi connectivity index (χ1) is 8.18. The van der Waals surface area contributed by atoms with Crippen molar-refractivity contribution in [3.63, 3.8) is 0 Å². The van der Waals surface area contributed by atoms with Crippen molar-refractivity contribution in [3.05, 3.63) is 29.8 Å². The van der Waals surface area contributed by atoms with E-state index < -0.39 is 0 Å². The van der Waals surface area contributed by atoms with Crippen LogP contribution in [0.5, 0.6) is 0 Å². The number of nitrogens with zero attached hydrogens (tertiary/aromatic N) is 2. The van der Waals surface area contributed by atoms with Crippen LogP contribution in [-0.2, 0) is 0 Å². The van der Waals surface area contributed by atoms with Crippen molar-refractivity contribution in [3.8, 4) is 0 Å². The highest BCUT2D eigenvalue weighted by Gasteiger charge is 2.16. The molecule has 0 unspecified atom stereocenters. The molecule has 2 rings (SSSR count). The molecule has 0 atom stereocenters. The van der Waals surface area contributed by atoms with E-state index in [1.165, 1.54) is 5.69 Å². The Labute approximate surface area is 108 Å². The zero-order chi connectivity index (χ0) is 12.3. The van der Waals surface area contributed by atoms with Gasteiger partial charge in [0, 0.05) is 25.3 Å². The first-order valence-electron chi connectivity index (χ1n) is 6.07. The molecule has 1 aliphatic heterocycles. The van der Waals surface area contributed by atoms with Gasteiger partial charge in [-0.3, -0.25) is 0 Å². The van der Waals surface area contributed by atoms with Crippen LogP contribution in [0.4, 0.5) is 5.69 Å². The third-order valence-electron chi connectivity index (χ3n) is 3.12. The van der Waals surface area contributed by atoms with Gasteiger partial charge in [-0.25, -0.2) is 0 Å². The molecule has 0 amide bonds. The number of quaternary nitrogens is 1. The molecular weight excluding hydrogens is 230 g/mol. The third kappa shape index (κ3) is 2.96. The summed E-state index contributed by atoms with van der Waals surface area (Å²) in [6, 6.07) is 8.49. The van der Waals surface area contributed by atoms with E-state index in [0.717, 1.165) is 36.7 Å². The molecule has 1 aromatic rings. The average molecular weight is 250 g/mol. The van der Waals surface area contributed by atoms with E-state index in [-0.39, 0.29) is 0 Å². The van der Waals surface area contributed by atoms with E-state index in [9.17, 15) is 0 Å². The Morgan fingerprint density at radius 2 is 1.76 bits per heavy atom. The van der Waals surface area contributed by atoms with E-state index in [2.05, 4.69) is 39.4 Å². The number of anilines is 1. The van der Waals surface area contributed by atoms with Gasteiger partial charge in [0.15, 0.2) is 0 Å². The van der Waals surface area contributed by atoms with E-state index >= 15 is 0 Å². The lowest BCUT2D eigenvalue weighted by molar-refractivity contribution is -0.661. The lowest BCUT2D eigenvalue weighted by Gasteiger charge is -2.27. The summed E-state index contributed by atoms with van der Waals surface area (Å²) < 4.78 is 0. The highest BCUT2D eigenvalue weighted by Crippen LogP contribution is 2.14. The molecule has 1 saturated heterocycles. The number of nitrogens with two attached hydrogens (primary N) is 1. The van der Waals surface area contributed by atoms with Crippen molar-refractivity contribution >= 4 is 22.9 Å². The lowest BCUT2D eigenvalue weighted by Crippen LogP contribution is -2.89. The maximum atomic E-state index is 5.55. The molecule has 1 aromatic carbocycles. The van der Waals surface area contributed by atoms with Crippen LogP contribution in [0.3, 0.4) is 0 Å². The van der Waals surface area contributed by atoms with Gasteiger partial charge in [-0.05, 0) is 24.3 Å². The highest BCUT2D eigenvalue weighted by atomic mass is 32.1. The molecule has 1 fully saturated rings. The summed E-state index contributed by atoms with van der Waals surface area (Å²) in [5, 5.41) is 2.34. The van der Waals surface area contributed by atoms with Gasteiger partial charge in [-0.2, -0.15) is 0 Å². The van der Waals surface area contributed by atoms with E-state index in [4.69, 9.17) is 12.2 Å². The van der Waals surface area contributed by atoms with Gasteiger partial charge in [-0.1, -0.05) is 12.2 Å². The second-order valence-electron chi connectivity index (χ2n) is 4.60. The molecule has 17 heavy (non-hydrogen) atoms. The van der Waals surface area contributed by atoms with Crippen molar-refractivity contribution < 1.29 is 5.32 Å². The number of piperazine rings is 1. The number of hydrogen-bond acceptors (Lipinski definition) is 2. The summed E-state index contributed by atoms with van der Waals surface area (Å²) in [6.07, 6.45) is 0. The molecule has 0 bridgehead atoms. The summed E-state index contributed by atoms with van der Waals surface area (Å²) in [7, 11) is 4.10. The third-order valence-corrected chi connectivity index (χ3v) is 3.62. The Morgan fingerprint density at radius 1 is 1.18 bits per heavy atom. The maximum absolute atomic E-state index is 5.55. The largest absolute Gasteiger partial charge is 0.378 e. The van der Waals surface area contributed by atoms with Crippen LogP contribution in [0.15, 0.2) is 24.3 Å². The standard InChI is InChI=1S/C13H19N3S/c1-15(2)12-5-3-11(4-6-12)13(17)16-9-7-14-8-10-16/h3-6,14H,7-10H2,1-2H3/p+1. The second-order valence-corrected chi connectivity index (χ2v) is 4.99. The molecule has 92 valence electrons. The topological polar surface area (TPSA) is 23.1 Å². The number of benzene rings is 1. The molecule has 4 heteroatoms. The van der Waals surface area contributed by atoms with Crippen LogP contribution in [-0.4, -0.2) is 50.2 Å². The fraction of sp³-hybridized carbons (Fsp3) is 0.462. The van der Waals surface area contributed by atoms with Gasteiger partial charge in [0.1, 0.15) is 4.99 Å². The van der Waals surface area contributed by atoms with Crippen LogP contribution in [0.25, 0.3) is 0 Å². The zero-order valence-electron chi connectivity index (χ0n) is 10.5. The van der Waals surface area contributed by atoms with Crippen molar-refractivity contribution in [2.45, 2.75) is 0 Å². The van der Waals surface area contributed by atoms with Crippen LogP contribution in [0, 0.1) is 0 Å². The lowest BCUT2D eigenvalue weighted by atomic mass is 10.1. The monoisotopic (exact) mass is 250 g/mol. The molecule has 3 nitrogen and oxygen atoms in total. The Bertz CT molecular complexity index is 380. The summed E-state index contributed by atoms with van der Waals surface area (Å²) in [5.74, 6) is 0. The minimum Gasteiger partial charge on any atom is -0.378 e. The molecular formula is C13H20N3S+. The summed E-state index contributed by atoms with van der Waals surface area (Å²) in [4.78, 5) is 5.39. The van der Waals surface area contributed by atoms with Gasteiger partial charge in [0.25, 0.3) is 0 Å². The maximum Gasteiger partial charge on any atom is 0.109 e. The molecule has 0 aliphatic carbocycles. The van der Waals surface area contributed by atoms with Crippen molar-refractivity contribution in [2.75, 3.05) is 45.2 Å². The van der Waals surface area contributed by atoms with Crippen LogP contribution >= 0.6 is 12.2 Å². The second kappa shape index (κ2) is 5.47. The Balaban J connectivity index is 2.08. The SMILES string of the molecule is CN(C)c1ccc(C(=S)N2CC[NH2+]CC2)cc1. The smallest absolute Gasteiger partial charge is 0.109 e. The summed E-state index contributed by atoms with van der Waals surface area (Å²) in [6.45, 7) is 4.42. The van der Waals surface area contributed by atoms with Crippen molar-refractivity contribution in [1.29, 1.82) is 0 Å². The molecule has 0 spiro atoms. The Hall–Kier alpha value is -1.13. The minimum absolute atomic E-state index is 0.989. The summed E-state index contributed by atoms with van der Waals surface area (Å²) in [5.41, 5.74) is 2.37. The molecule has 1 heterocycles. The first kappa shape index (κ1) is 12.3. The molecule has 0 radical (unpaired) electrons. The fourth-order valence-electron chi connectivity index (χ4n) is 2.04. The number of rotatable bonds is 2. The van der Waals surface area contributed by atoms with Crippen LogP contribution in [0.2, 0.25) is 0 Å². The van der Waals surface area contributed by atoms with Crippen molar-refractivity contribution in [1.82, 2.24) is 4.90 Å². The number of thiocarbonyl (C=S) groups is 1. The quantitative estimate of drug-likeness (QED) is 0.764. The van der Waals surface area contributed by atoms with E-state index in [0.29, 0.717) is 0 Å². The van der Waals surface area contributed by atoms with Gasteiger partial charge >= 0.3 is 0 Å². The highest BCUT2D eigenvalue weighted by molar-refractivity contribution is 7.80. The number of hydrogen-bond donors (Lipinski definition) is 1. The van der Waals surface area contributed by atoms with E-state index in [1.54, 1.807) is 0 Å². The minimum atomic E-state index is 0.989. The van der Waals surface area contributed by atoms with Gasteiger partial charge in [0.2, 0.25) is 0 Å². The Morgan fingerprint density at radius 3 is 2.29 bits per heavy atom. The predicted octanol–water partition coefficient (Wildman–Crippen LogP) is 0.307. The Kier molecular flexibility index (Phi) is 3.97. The van der Waals surface area contributed by atoms with Crippen LogP contribution < -0.4 is 10.2 Å². The average Bonchev–Trinajstić information content (AvgIpc) is 2.39. The van der Waals surface area contributed by atoms with Gasteiger partial charge in [0.05, 0.1) is 26.2 Å². The summed E-state index contributed by atoms with van der Waals surface area (Å²) >= 11 is 5.55. The molecule has 2 N–H and O–H groups in total.